The Kier molecular flexibility index (Phi) is 3.69. The molecule has 1 heterocycles. The predicted molar refractivity (Wildman–Crippen MR) is 67.4 cm³/mol. The van der Waals surface area contributed by atoms with Crippen LogP contribution in [0.2, 0.25) is 0 Å². The van der Waals surface area contributed by atoms with E-state index in [-0.39, 0.29) is 11.4 Å². The Hall–Kier alpha value is -1.07. The van der Waals surface area contributed by atoms with Crippen LogP contribution in [0.1, 0.15) is 5.82 Å². The molecule has 9 heteroatoms. The molecular weight excluding hydrogens is 357 g/mol. The van der Waals surface area contributed by atoms with Crippen molar-refractivity contribution in [3.63, 3.8) is 0 Å². The van der Waals surface area contributed by atoms with Gasteiger partial charge in [0.1, 0.15) is 0 Å². The second-order valence-electron chi connectivity index (χ2n) is 3.11. The first kappa shape index (κ1) is 12.4. The molecule has 0 aliphatic rings. The summed E-state index contributed by atoms with van der Waals surface area (Å²) in [5.41, 5.74) is 0. The first-order valence-corrected chi connectivity index (χ1v) is 7.12. The number of nitrogens with one attached hydrogen (secondary N) is 2. The number of aromatic amines is 1. The van der Waals surface area contributed by atoms with Crippen LogP contribution >= 0.6 is 22.6 Å². The summed E-state index contributed by atoms with van der Waals surface area (Å²) in [6.45, 7) is 0.00478. The fourth-order valence-corrected chi connectivity index (χ4v) is 2.45. The molecule has 0 fully saturated rings. The van der Waals surface area contributed by atoms with Crippen molar-refractivity contribution in [2.75, 3.05) is 0 Å². The van der Waals surface area contributed by atoms with Gasteiger partial charge in [-0.15, -0.1) is 10.2 Å². The number of rotatable bonds is 4. The van der Waals surface area contributed by atoms with E-state index >= 15 is 0 Å². The van der Waals surface area contributed by atoms with Crippen LogP contribution in [0.5, 0.6) is 0 Å². The van der Waals surface area contributed by atoms with Crippen molar-refractivity contribution in [1.82, 2.24) is 25.3 Å². The van der Waals surface area contributed by atoms with Crippen molar-refractivity contribution in [2.45, 2.75) is 11.4 Å². The number of halogens is 1. The maximum absolute atomic E-state index is 11.8. The van der Waals surface area contributed by atoms with Crippen molar-refractivity contribution in [1.29, 1.82) is 0 Å². The van der Waals surface area contributed by atoms with Crippen LogP contribution < -0.4 is 4.72 Å². The number of aromatic nitrogens is 4. The fraction of sp³-hybridized carbons (Fsp3) is 0.125. The van der Waals surface area contributed by atoms with Crippen LogP contribution in [-0.4, -0.2) is 29.0 Å². The first-order chi connectivity index (χ1) is 8.08. The van der Waals surface area contributed by atoms with Crippen LogP contribution in [0, 0.1) is 3.57 Å². The molecule has 7 nitrogen and oxygen atoms in total. The minimum Gasteiger partial charge on any atom is -0.207 e. The van der Waals surface area contributed by atoms with Crippen LogP contribution in [0.25, 0.3) is 0 Å². The summed E-state index contributed by atoms with van der Waals surface area (Å²) in [6, 6.07) is 6.54. The highest BCUT2D eigenvalue weighted by molar-refractivity contribution is 14.1. The van der Waals surface area contributed by atoms with Crippen LogP contribution in [-0.2, 0) is 16.6 Å². The molecule has 2 rings (SSSR count). The van der Waals surface area contributed by atoms with E-state index in [9.17, 15) is 8.42 Å². The van der Waals surface area contributed by atoms with Crippen molar-refractivity contribution < 1.29 is 8.42 Å². The van der Waals surface area contributed by atoms with Gasteiger partial charge >= 0.3 is 0 Å². The highest BCUT2D eigenvalue weighted by Gasteiger charge is 2.14. The van der Waals surface area contributed by atoms with Gasteiger partial charge in [-0.1, -0.05) is 5.21 Å². The average Bonchev–Trinajstić information content (AvgIpc) is 2.80. The number of benzene rings is 1. The van der Waals surface area contributed by atoms with Crippen LogP contribution in [0.15, 0.2) is 29.2 Å². The summed E-state index contributed by atoms with van der Waals surface area (Å²) >= 11 is 2.11. The Bertz CT molecular complexity index is 581. The predicted octanol–water partition coefficient (Wildman–Crippen LogP) is 0.283. The molecule has 0 saturated heterocycles. The standard InChI is InChI=1S/C8H8IN5O2S/c9-6-1-3-7(4-2-6)17(15,16)10-5-8-11-13-14-12-8/h1-4,10H,5H2,(H,11,12,13,14). The second kappa shape index (κ2) is 5.06. The molecule has 1 aromatic carbocycles. The third-order valence-corrected chi connectivity index (χ3v) is 4.07. The van der Waals surface area contributed by atoms with Gasteiger partial charge in [0.2, 0.25) is 10.0 Å². The molecule has 17 heavy (non-hydrogen) atoms. The van der Waals surface area contributed by atoms with Crippen molar-refractivity contribution in [2.24, 2.45) is 0 Å². The molecule has 90 valence electrons. The SMILES string of the molecule is O=S(=O)(NCc1nn[nH]n1)c1ccc(I)cc1. The molecule has 0 unspecified atom stereocenters. The van der Waals surface area contributed by atoms with Gasteiger partial charge in [0.15, 0.2) is 5.82 Å². The number of H-pyrrole nitrogens is 1. The van der Waals surface area contributed by atoms with E-state index in [4.69, 9.17) is 0 Å². The molecule has 0 bridgehead atoms. The van der Waals surface area contributed by atoms with Gasteiger partial charge in [-0.25, -0.2) is 13.1 Å². The molecule has 0 atom stereocenters. The van der Waals surface area contributed by atoms with Crippen LogP contribution in [0.3, 0.4) is 0 Å². The van der Waals surface area contributed by atoms with Gasteiger partial charge in [-0.3, -0.25) is 0 Å². The Morgan fingerprint density at radius 1 is 1.29 bits per heavy atom. The molecule has 2 aromatic rings. The summed E-state index contributed by atoms with van der Waals surface area (Å²) in [6.07, 6.45) is 0. The van der Waals surface area contributed by atoms with Crippen molar-refractivity contribution in [3.05, 3.63) is 33.7 Å². The van der Waals surface area contributed by atoms with Gasteiger partial charge in [0, 0.05) is 3.57 Å². The molecular formula is C8H8IN5O2S. The largest absolute Gasteiger partial charge is 0.240 e. The fourth-order valence-electron chi connectivity index (χ4n) is 1.11. The number of sulfonamides is 1. The van der Waals surface area contributed by atoms with Gasteiger partial charge in [0.05, 0.1) is 11.4 Å². The third kappa shape index (κ3) is 3.20. The van der Waals surface area contributed by atoms with E-state index < -0.39 is 10.0 Å². The lowest BCUT2D eigenvalue weighted by molar-refractivity contribution is 0.579. The zero-order valence-electron chi connectivity index (χ0n) is 8.46. The number of tetrazole rings is 1. The van der Waals surface area contributed by atoms with E-state index in [0.717, 1.165) is 3.57 Å². The quantitative estimate of drug-likeness (QED) is 0.759. The minimum absolute atomic E-state index is 0.00478. The van der Waals surface area contributed by atoms with Crippen LogP contribution in [0.4, 0.5) is 0 Å². The van der Waals surface area contributed by atoms with Gasteiger partial charge < -0.3 is 0 Å². The third-order valence-electron chi connectivity index (χ3n) is 1.93. The molecule has 2 N–H and O–H groups in total. The molecule has 0 amide bonds. The van der Waals surface area contributed by atoms with Crippen molar-refractivity contribution in [3.8, 4) is 0 Å². The lowest BCUT2D eigenvalue weighted by Gasteiger charge is -2.04. The van der Waals surface area contributed by atoms with E-state index in [1.54, 1.807) is 24.3 Å². The highest BCUT2D eigenvalue weighted by atomic mass is 127. The molecule has 0 saturated carbocycles. The Labute approximate surface area is 111 Å². The van der Waals surface area contributed by atoms with E-state index in [0.29, 0.717) is 5.82 Å². The number of hydrogen-bond donors (Lipinski definition) is 2. The lowest BCUT2D eigenvalue weighted by Crippen LogP contribution is -2.23. The van der Waals surface area contributed by atoms with Gasteiger partial charge in [-0.2, -0.15) is 5.21 Å². The van der Waals surface area contributed by atoms with E-state index in [1.807, 2.05) is 0 Å². The highest BCUT2D eigenvalue weighted by Crippen LogP contribution is 2.11. The summed E-state index contributed by atoms with van der Waals surface area (Å²) in [5.74, 6) is 0.291. The maximum Gasteiger partial charge on any atom is 0.240 e. The second-order valence-corrected chi connectivity index (χ2v) is 6.12. The van der Waals surface area contributed by atoms with Gasteiger partial charge in [0.25, 0.3) is 0 Å². The zero-order chi connectivity index (χ0) is 12.3. The molecule has 0 aliphatic carbocycles. The molecule has 1 aromatic heterocycles. The number of nitrogens with zero attached hydrogens (tertiary/aromatic N) is 3. The molecule has 0 radical (unpaired) electrons. The smallest absolute Gasteiger partial charge is 0.207 e. The maximum atomic E-state index is 11.8. The van der Waals surface area contributed by atoms with Crippen molar-refractivity contribution >= 4 is 32.6 Å². The summed E-state index contributed by atoms with van der Waals surface area (Å²) < 4.78 is 27.0. The summed E-state index contributed by atoms with van der Waals surface area (Å²) in [4.78, 5) is 0.210. The monoisotopic (exact) mass is 365 g/mol. The summed E-state index contributed by atoms with van der Waals surface area (Å²) in [5, 5.41) is 12.9. The topological polar surface area (TPSA) is 101 Å². The van der Waals surface area contributed by atoms with E-state index in [1.165, 1.54) is 0 Å². The number of hydrogen-bond acceptors (Lipinski definition) is 5. The summed E-state index contributed by atoms with van der Waals surface area (Å²) in [7, 11) is -3.53. The van der Waals surface area contributed by atoms with Gasteiger partial charge in [-0.05, 0) is 46.9 Å². The molecule has 0 aliphatic heterocycles. The normalized spacial score (nSPS) is 11.6. The Morgan fingerprint density at radius 3 is 2.59 bits per heavy atom. The Morgan fingerprint density at radius 2 is 2.00 bits per heavy atom. The lowest BCUT2D eigenvalue weighted by atomic mass is 10.4. The zero-order valence-corrected chi connectivity index (χ0v) is 11.4. The average molecular weight is 365 g/mol. The Balaban J connectivity index is 2.11. The minimum atomic E-state index is -3.53. The molecule has 0 spiro atoms. The first-order valence-electron chi connectivity index (χ1n) is 4.55. The van der Waals surface area contributed by atoms with E-state index in [2.05, 4.69) is 47.9 Å².